The summed E-state index contributed by atoms with van der Waals surface area (Å²) in [5, 5.41) is 18.6. The molecule has 0 spiro atoms. The third-order valence-electron chi connectivity index (χ3n) is 1.59. The molecule has 0 saturated heterocycles. The minimum atomic E-state index is -3.42. The lowest BCUT2D eigenvalue weighted by molar-refractivity contribution is -0.389. The number of carboxylic acids is 1. The van der Waals surface area contributed by atoms with Crippen molar-refractivity contribution < 1.29 is 28.0 Å². The molecule has 86 valence electrons. The fraction of sp³-hybridized carbons (Fsp3) is 0.143. The number of rotatable bonds is 3. The van der Waals surface area contributed by atoms with E-state index < -0.39 is 40.2 Å². The van der Waals surface area contributed by atoms with Crippen LogP contribution in [0.25, 0.3) is 0 Å². The zero-order valence-electron chi connectivity index (χ0n) is 7.35. The lowest BCUT2D eigenvalue weighted by Gasteiger charge is -2.01. The normalized spacial score (nSPS) is 10.5. The van der Waals surface area contributed by atoms with E-state index in [1.807, 2.05) is 0 Å². The van der Waals surface area contributed by atoms with E-state index in [-0.39, 0.29) is 6.07 Å². The van der Waals surface area contributed by atoms with Gasteiger partial charge in [-0.25, -0.2) is 18.0 Å². The smallest absolute Gasteiger partial charge is 0.366 e. The molecule has 0 unspecified atom stereocenters. The molecule has 1 rings (SSSR count). The molecule has 16 heavy (non-hydrogen) atoms. The molecule has 1 aromatic heterocycles. The highest BCUT2D eigenvalue weighted by molar-refractivity contribution is 5.89. The van der Waals surface area contributed by atoms with Crippen molar-refractivity contribution in [3.63, 3.8) is 0 Å². The molecule has 0 aliphatic heterocycles. The maximum absolute atomic E-state index is 13.0. The minimum Gasteiger partial charge on any atom is -0.477 e. The molecule has 0 aromatic carbocycles. The van der Waals surface area contributed by atoms with Crippen LogP contribution in [0.2, 0.25) is 0 Å². The van der Waals surface area contributed by atoms with Crippen LogP contribution >= 0.6 is 0 Å². The van der Waals surface area contributed by atoms with Gasteiger partial charge in [0.05, 0.1) is 6.07 Å². The molecule has 1 heterocycles. The molecule has 0 aliphatic rings. The summed E-state index contributed by atoms with van der Waals surface area (Å²) >= 11 is 0. The summed E-state index contributed by atoms with van der Waals surface area (Å²) in [7, 11) is 0. The van der Waals surface area contributed by atoms with Crippen molar-refractivity contribution >= 4 is 11.8 Å². The van der Waals surface area contributed by atoms with E-state index in [2.05, 4.69) is 4.98 Å². The number of nitrogens with zero attached hydrogens (tertiary/aromatic N) is 2. The number of hydrogen-bond donors (Lipinski definition) is 1. The molecule has 0 aliphatic carbocycles. The fourth-order valence-electron chi connectivity index (χ4n) is 0.983. The van der Waals surface area contributed by atoms with Crippen molar-refractivity contribution in [2.24, 2.45) is 0 Å². The van der Waals surface area contributed by atoms with Gasteiger partial charge in [-0.1, -0.05) is 0 Å². The summed E-state index contributed by atoms with van der Waals surface area (Å²) in [6.07, 6.45) is -3.42. The number of hydrogen-bond acceptors (Lipinski definition) is 4. The first-order valence-corrected chi connectivity index (χ1v) is 3.71. The number of carboxylic acid groups (broad SMARTS) is 1. The Hall–Kier alpha value is -2.19. The second kappa shape index (κ2) is 4.13. The SMILES string of the molecule is O=C(O)c1c(F)cc([N+](=O)[O-])nc1C(F)F. The van der Waals surface area contributed by atoms with E-state index in [1.165, 1.54) is 0 Å². The first-order chi connectivity index (χ1) is 7.34. The van der Waals surface area contributed by atoms with Gasteiger partial charge in [-0.05, 0) is 9.91 Å². The van der Waals surface area contributed by atoms with E-state index in [0.717, 1.165) is 0 Å². The first-order valence-electron chi connectivity index (χ1n) is 3.71. The number of alkyl halides is 2. The summed E-state index contributed by atoms with van der Waals surface area (Å²) in [5.74, 6) is -4.75. The van der Waals surface area contributed by atoms with Gasteiger partial charge in [0.2, 0.25) is 5.69 Å². The second-order valence-corrected chi connectivity index (χ2v) is 2.59. The summed E-state index contributed by atoms with van der Waals surface area (Å²) in [6.45, 7) is 0. The molecule has 9 heteroatoms. The zero-order chi connectivity index (χ0) is 12.5. The standard InChI is InChI=1S/C7H3F3N2O4/c8-2-1-3(12(15)16)11-5(6(9)10)4(2)7(13)14/h1,6H,(H,13,14). The summed E-state index contributed by atoms with van der Waals surface area (Å²) in [5.41, 5.74) is -2.82. The molecule has 1 aromatic rings. The molecule has 6 nitrogen and oxygen atoms in total. The number of aromatic nitrogens is 1. The highest BCUT2D eigenvalue weighted by atomic mass is 19.3. The van der Waals surface area contributed by atoms with Crippen LogP contribution in [0.1, 0.15) is 22.5 Å². The number of pyridine rings is 1. The second-order valence-electron chi connectivity index (χ2n) is 2.59. The van der Waals surface area contributed by atoms with Crippen LogP contribution < -0.4 is 0 Å². The van der Waals surface area contributed by atoms with Crippen molar-refractivity contribution in [1.29, 1.82) is 0 Å². The van der Waals surface area contributed by atoms with Crippen LogP contribution in [-0.2, 0) is 0 Å². The fourth-order valence-corrected chi connectivity index (χ4v) is 0.983. The Morgan fingerprint density at radius 2 is 2.12 bits per heavy atom. The average Bonchev–Trinajstić information content (AvgIpc) is 2.15. The number of nitro groups is 1. The Morgan fingerprint density at radius 3 is 2.50 bits per heavy atom. The Morgan fingerprint density at radius 1 is 1.56 bits per heavy atom. The van der Waals surface area contributed by atoms with Crippen molar-refractivity contribution in [3.8, 4) is 0 Å². The van der Waals surface area contributed by atoms with Crippen molar-refractivity contribution in [1.82, 2.24) is 4.98 Å². The maximum Gasteiger partial charge on any atom is 0.366 e. The van der Waals surface area contributed by atoms with Crippen LogP contribution in [0.4, 0.5) is 19.0 Å². The van der Waals surface area contributed by atoms with Crippen molar-refractivity contribution in [3.05, 3.63) is 33.3 Å². The molecule has 1 N–H and O–H groups in total. The Labute approximate surface area is 85.5 Å². The molecular weight excluding hydrogens is 233 g/mol. The molecule has 0 amide bonds. The number of carbonyl (C=O) groups is 1. The molecule has 0 atom stereocenters. The van der Waals surface area contributed by atoms with Gasteiger partial charge < -0.3 is 15.2 Å². The maximum atomic E-state index is 13.0. The van der Waals surface area contributed by atoms with Gasteiger partial charge >= 0.3 is 18.2 Å². The van der Waals surface area contributed by atoms with E-state index in [4.69, 9.17) is 5.11 Å². The highest BCUT2D eigenvalue weighted by Crippen LogP contribution is 2.26. The van der Waals surface area contributed by atoms with Gasteiger partial charge in [0.15, 0.2) is 5.82 Å². The number of aromatic carboxylic acids is 1. The van der Waals surface area contributed by atoms with Crippen LogP contribution in [-0.4, -0.2) is 21.0 Å². The van der Waals surface area contributed by atoms with Gasteiger partial charge in [0.25, 0.3) is 0 Å². The molecule has 0 bridgehead atoms. The molecule has 0 saturated carbocycles. The third kappa shape index (κ3) is 2.07. The average molecular weight is 236 g/mol. The van der Waals surface area contributed by atoms with E-state index in [0.29, 0.717) is 0 Å². The number of halogens is 3. The minimum absolute atomic E-state index is 0.176. The monoisotopic (exact) mass is 236 g/mol. The van der Waals surface area contributed by atoms with Crippen LogP contribution in [0, 0.1) is 15.9 Å². The van der Waals surface area contributed by atoms with E-state index in [9.17, 15) is 28.1 Å². The third-order valence-corrected chi connectivity index (χ3v) is 1.59. The van der Waals surface area contributed by atoms with Gasteiger partial charge in [0.1, 0.15) is 5.56 Å². The predicted molar refractivity (Wildman–Crippen MR) is 42.8 cm³/mol. The highest BCUT2D eigenvalue weighted by Gasteiger charge is 2.31. The summed E-state index contributed by atoms with van der Waals surface area (Å²) in [6, 6.07) is 0.176. The lowest BCUT2D eigenvalue weighted by Crippen LogP contribution is -2.10. The summed E-state index contributed by atoms with van der Waals surface area (Å²) < 4.78 is 37.6. The quantitative estimate of drug-likeness (QED) is 0.637. The zero-order valence-corrected chi connectivity index (χ0v) is 7.35. The molecule has 0 fully saturated rings. The van der Waals surface area contributed by atoms with Crippen molar-refractivity contribution in [2.45, 2.75) is 6.43 Å². The molecule has 0 radical (unpaired) electrons. The van der Waals surface area contributed by atoms with Crippen LogP contribution in [0.5, 0.6) is 0 Å². The van der Waals surface area contributed by atoms with Gasteiger partial charge in [-0.2, -0.15) is 0 Å². The van der Waals surface area contributed by atoms with Gasteiger partial charge in [-0.15, -0.1) is 0 Å². The topological polar surface area (TPSA) is 93.3 Å². The van der Waals surface area contributed by atoms with Crippen LogP contribution in [0.15, 0.2) is 6.07 Å². The molecular formula is C7H3F3N2O4. The van der Waals surface area contributed by atoms with Gasteiger partial charge in [-0.3, -0.25) is 0 Å². The van der Waals surface area contributed by atoms with Crippen LogP contribution in [0.3, 0.4) is 0 Å². The summed E-state index contributed by atoms with van der Waals surface area (Å²) in [4.78, 5) is 22.2. The van der Waals surface area contributed by atoms with E-state index in [1.54, 1.807) is 0 Å². The largest absolute Gasteiger partial charge is 0.477 e. The lowest BCUT2D eigenvalue weighted by atomic mass is 10.2. The predicted octanol–water partition coefficient (Wildman–Crippen LogP) is 1.76. The van der Waals surface area contributed by atoms with E-state index >= 15 is 0 Å². The van der Waals surface area contributed by atoms with Crippen molar-refractivity contribution in [2.75, 3.05) is 0 Å². The first kappa shape index (κ1) is 11.9. The Bertz CT molecular complexity index is 463. The Balaban J connectivity index is 3.51. The van der Waals surface area contributed by atoms with Gasteiger partial charge in [0, 0.05) is 0 Å². The Kier molecular flexibility index (Phi) is 3.06.